The van der Waals surface area contributed by atoms with Crippen molar-refractivity contribution in [2.45, 2.75) is 6.18 Å². The summed E-state index contributed by atoms with van der Waals surface area (Å²) in [6, 6.07) is 10.3. The van der Waals surface area contributed by atoms with E-state index in [1.54, 1.807) is 24.3 Å². The first-order valence-corrected chi connectivity index (χ1v) is 8.17. The van der Waals surface area contributed by atoms with Crippen molar-refractivity contribution in [1.82, 2.24) is 15.2 Å². The highest BCUT2D eigenvalue weighted by Gasteiger charge is 2.31. The maximum atomic E-state index is 12.8. The molecular weight excluding hydrogens is 375 g/mol. The number of halogens is 4. The molecule has 4 aromatic rings. The molecule has 4 nitrogen and oxygen atoms in total. The molecule has 9 heteroatoms. The van der Waals surface area contributed by atoms with E-state index < -0.39 is 11.7 Å². The van der Waals surface area contributed by atoms with Crippen LogP contribution in [0.4, 0.5) is 13.2 Å². The zero-order valence-corrected chi connectivity index (χ0v) is 13.8. The average Bonchev–Trinajstić information content (AvgIpc) is 3.20. The van der Waals surface area contributed by atoms with Gasteiger partial charge in [-0.15, -0.1) is 21.5 Å². The quantitative estimate of drug-likeness (QED) is 0.448. The van der Waals surface area contributed by atoms with E-state index in [9.17, 15) is 13.2 Å². The summed E-state index contributed by atoms with van der Waals surface area (Å²) in [6.07, 6.45) is -4.41. The number of nitrogens with zero attached hydrogens (tertiary/aromatic N) is 3. The third kappa shape index (κ3) is 3.10. The molecule has 0 unspecified atom stereocenters. The van der Waals surface area contributed by atoms with Crippen molar-refractivity contribution < 1.29 is 17.6 Å². The Morgan fingerprint density at radius 1 is 0.960 bits per heavy atom. The summed E-state index contributed by atoms with van der Waals surface area (Å²) in [7, 11) is 0. The van der Waals surface area contributed by atoms with Crippen molar-refractivity contribution in [3.63, 3.8) is 0 Å². The molecule has 2 aromatic carbocycles. The van der Waals surface area contributed by atoms with Crippen molar-refractivity contribution in [3.8, 4) is 22.4 Å². The highest BCUT2D eigenvalue weighted by atomic mass is 35.5. The highest BCUT2D eigenvalue weighted by molar-refractivity contribution is 7.21. The van der Waals surface area contributed by atoms with Crippen molar-refractivity contribution in [3.05, 3.63) is 53.1 Å². The molecule has 2 heterocycles. The summed E-state index contributed by atoms with van der Waals surface area (Å²) in [4.78, 5) is 4.18. The van der Waals surface area contributed by atoms with E-state index in [4.69, 9.17) is 16.0 Å². The van der Waals surface area contributed by atoms with Crippen molar-refractivity contribution in [2.24, 2.45) is 0 Å². The molecule has 2 aromatic heterocycles. The van der Waals surface area contributed by atoms with Crippen LogP contribution in [0.1, 0.15) is 5.56 Å². The van der Waals surface area contributed by atoms with Gasteiger partial charge in [0.2, 0.25) is 5.89 Å². The van der Waals surface area contributed by atoms with E-state index in [1.165, 1.54) is 17.4 Å². The van der Waals surface area contributed by atoms with Gasteiger partial charge in [0.05, 0.1) is 15.8 Å². The molecule has 0 radical (unpaired) electrons. The number of thiazole rings is 1. The maximum absolute atomic E-state index is 12.8. The molecule has 0 bridgehead atoms. The predicted molar refractivity (Wildman–Crippen MR) is 88.4 cm³/mol. The fraction of sp³-hybridized carbons (Fsp3) is 0.0625. The van der Waals surface area contributed by atoms with Crippen LogP contribution in [0.15, 0.2) is 46.9 Å². The lowest BCUT2D eigenvalue weighted by atomic mass is 10.2. The standard InChI is InChI=1S/C16H7ClF3N3OS/c17-10-4-1-8(2-5-10)13-22-23-14(24-13)15-21-11-7-9(16(18,19)20)3-6-12(11)25-15/h1-7H. The van der Waals surface area contributed by atoms with Gasteiger partial charge in [0.15, 0.2) is 5.01 Å². The topological polar surface area (TPSA) is 51.8 Å². The second-order valence-electron chi connectivity index (χ2n) is 5.12. The van der Waals surface area contributed by atoms with Crippen LogP contribution in [0.5, 0.6) is 0 Å². The minimum atomic E-state index is -4.41. The van der Waals surface area contributed by atoms with Gasteiger partial charge in [0.1, 0.15) is 0 Å². The largest absolute Gasteiger partial charge is 0.416 e. The van der Waals surface area contributed by atoms with Crippen LogP contribution in [0.25, 0.3) is 32.6 Å². The van der Waals surface area contributed by atoms with Gasteiger partial charge in [-0.25, -0.2) is 4.98 Å². The molecule has 126 valence electrons. The van der Waals surface area contributed by atoms with Gasteiger partial charge >= 0.3 is 6.18 Å². The lowest BCUT2D eigenvalue weighted by Crippen LogP contribution is -2.03. The second kappa shape index (κ2) is 5.82. The van der Waals surface area contributed by atoms with Gasteiger partial charge in [-0.2, -0.15) is 13.2 Å². The van der Waals surface area contributed by atoms with Crippen LogP contribution in [-0.2, 0) is 6.18 Å². The fourth-order valence-corrected chi connectivity index (χ4v) is 3.21. The molecule has 0 N–H and O–H groups in total. The zero-order chi connectivity index (χ0) is 17.6. The number of benzene rings is 2. The smallest absolute Gasteiger partial charge is 0.414 e. The van der Waals surface area contributed by atoms with E-state index in [0.29, 0.717) is 20.3 Å². The summed E-state index contributed by atoms with van der Waals surface area (Å²) in [5.74, 6) is 0.432. The normalized spacial score (nSPS) is 12.0. The van der Waals surface area contributed by atoms with E-state index in [2.05, 4.69) is 15.2 Å². The van der Waals surface area contributed by atoms with Gasteiger partial charge < -0.3 is 4.42 Å². The Hall–Kier alpha value is -2.45. The van der Waals surface area contributed by atoms with Gasteiger partial charge in [0, 0.05) is 10.6 Å². The Morgan fingerprint density at radius 2 is 1.68 bits per heavy atom. The molecule has 0 spiro atoms. The molecule has 0 saturated heterocycles. The van der Waals surface area contributed by atoms with Gasteiger partial charge in [-0.1, -0.05) is 11.6 Å². The Labute approximate surface area is 147 Å². The zero-order valence-electron chi connectivity index (χ0n) is 12.2. The molecule has 0 aliphatic rings. The third-order valence-corrected chi connectivity index (χ3v) is 4.69. The van der Waals surface area contributed by atoms with Crippen LogP contribution in [0.3, 0.4) is 0 Å². The van der Waals surface area contributed by atoms with Crippen LogP contribution in [0.2, 0.25) is 5.02 Å². The first-order valence-electron chi connectivity index (χ1n) is 6.98. The van der Waals surface area contributed by atoms with Gasteiger partial charge in [-0.05, 0) is 42.5 Å². The van der Waals surface area contributed by atoms with E-state index >= 15 is 0 Å². The first-order chi connectivity index (χ1) is 11.9. The van der Waals surface area contributed by atoms with Crippen molar-refractivity contribution >= 4 is 33.2 Å². The molecule has 0 aliphatic carbocycles. The fourth-order valence-electron chi connectivity index (χ4n) is 2.21. The molecule has 0 saturated carbocycles. The molecule has 25 heavy (non-hydrogen) atoms. The Kier molecular flexibility index (Phi) is 3.73. The predicted octanol–water partition coefficient (Wildman–Crippen LogP) is 5.69. The number of alkyl halides is 3. The van der Waals surface area contributed by atoms with E-state index in [1.807, 2.05) is 0 Å². The highest BCUT2D eigenvalue weighted by Crippen LogP contribution is 2.35. The summed E-state index contributed by atoms with van der Waals surface area (Å²) in [5.41, 5.74) is 0.175. The van der Waals surface area contributed by atoms with Crippen LogP contribution in [0, 0.1) is 0 Å². The number of hydrogen-bond donors (Lipinski definition) is 0. The second-order valence-corrected chi connectivity index (χ2v) is 6.59. The number of aromatic nitrogens is 3. The van der Waals surface area contributed by atoms with E-state index in [0.717, 1.165) is 12.1 Å². The lowest BCUT2D eigenvalue weighted by molar-refractivity contribution is -0.137. The minimum Gasteiger partial charge on any atom is -0.414 e. The molecule has 0 atom stereocenters. The Morgan fingerprint density at radius 3 is 2.40 bits per heavy atom. The van der Waals surface area contributed by atoms with E-state index in [-0.39, 0.29) is 17.3 Å². The molecule has 4 rings (SSSR count). The van der Waals surface area contributed by atoms with Crippen LogP contribution < -0.4 is 0 Å². The van der Waals surface area contributed by atoms with Crippen molar-refractivity contribution in [1.29, 1.82) is 0 Å². The average molecular weight is 382 g/mol. The van der Waals surface area contributed by atoms with Gasteiger partial charge in [0.25, 0.3) is 5.89 Å². The first kappa shape index (κ1) is 16.0. The Bertz CT molecular complexity index is 1060. The number of fused-ring (bicyclic) bond motifs is 1. The third-order valence-electron chi connectivity index (χ3n) is 3.41. The maximum Gasteiger partial charge on any atom is 0.416 e. The summed E-state index contributed by atoms with van der Waals surface area (Å²) < 4.78 is 44.6. The molecule has 0 amide bonds. The summed E-state index contributed by atoms with van der Waals surface area (Å²) in [5, 5.41) is 8.82. The van der Waals surface area contributed by atoms with Gasteiger partial charge in [-0.3, -0.25) is 0 Å². The molecular formula is C16H7ClF3N3OS. The summed E-state index contributed by atoms with van der Waals surface area (Å²) in [6.45, 7) is 0. The lowest BCUT2D eigenvalue weighted by Gasteiger charge is -2.04. The van der Waals surface area contributed by atoms with Crippen molar-refractivity contribution in [2.75, 3.05) is 0 Å². The number of hydrogen-bond acceptors (Lipinski definition) is 5. The molecule has 0 aliphatic heterocycles. The molecule has 0 fully saturated rings. The number of rotatable bonds is 2. The summed E-state index contributed by atoms with van der Waals surface area (Å²) >= 11 is 7.02. The Balaban J connectivity index is 1.71. The monoisotopic (exact) mass is 381 g/mol. The van der Waals surface area contributed by atoms with Crippen LogP contribution in [-0.4, -0.2) is 15.2 Å². The van der Waals surface area contributed by atoms with Crippen LogP contribution >= 0.6 is 22.9 Å². The SMILES string of the molecule is FC(F)(F)c1ccc2sc(-c3nnc(-c4ccc(Cl)cc4)o3)nc2c1. The minimum absolute atomic E-state index is 0.153.